The predicted octanol–water partition coefficient (Wildman–Crippen LogP) is 6.01. The number of rotatable bonds is 8. The van der Waals surface area contributed by atoms with Crippen LogP contribution in [-0.2, 0) is 32.1 Å². The first kappa shape index (κ1) is 30.6. The minimum atomic E-state index is -3.67. The third-order valence-electron chi connectivity index (χ3n) is 9.49. The van der Waals surface area contributed by atoms with Gasteiger partial charge in [-0.2, -0.15) is 0 Å². The van der Waals surface area contributed by atoms with Crippen LogP contribution in [0, 0.1) is 12.8 Å². The van der Waals surface area contributed by atoms with Crippen molar-refractivity contribution in [3.8, 4) is 17.0 Å². The Morgan fingerprint density at radius 2 is 1.73 bits per heavy atom. The zero-order valence-electron chi connectivity index (χ0n) is 26.1. The molecular formula is C33H51N3O4S. The highest BCUT2D eigenvalue weighted by Gasteiger charge is 2.35. The molecule has 41 heavy (non-hydrogen) atoms. The summed E-state index contributed by atoms with van der Waals surface area (Å²) in [6.07, 6.45) is 7.18. The highest BCUT2D eigenvalue weighted by Crippen LogP contribution is 2.47. The van der Waals surface area contributed by atoms with Crippen LogP contribution in [-0.4, -0.2) is 63.9 Å². The molecule has 0 unspecified atom stereocenters. The van der Waals surface area contributed by atoms with Crippen molar-refractivity contribution in [2.24, 2.45) is 5.92 Å². The minimum Gasteiger partial charge on any atom is -0.493 e. The molecule has 0 amide bonds. The van der Waals surface area contributed by atoms with E-state index < -0.39 is 10.0 Å². The molecule has 0 spiro atoms. The summed E-state index contributed by atoms with van der Waals surface area (Å²) in [6.45, 7) is 19.0. The molecule has 8 heteroatoms. The van der Waals surface area contributed by atoms with Crippen LogP contribution in [0.25, 0.3) is 11.3 Å². The van der Waals surface area contributed by atoms with Crippen LogP contribution < -0.4 is 9.46 Å². The van der Waals surface area contributed by atoms with Crippen molar-refractivity contribution >= 4 is 10.0 Å². The number of nitrogens with one attached hydrogen (secondary N) is 1. The fourth-order valence-electron chi connectivity index (χ4n) is 6.77. The Morgan fingerprint density at radius 1 is 1.02 bits per heavy atom. The normalized spacial score (nSPS) is 20.5. The van der Waals surface area contributed by atoms with Gasteiger partial charge in [0.05, 0.1) is 19.8 Å². The zero-order chi connectivity index (χ0) is 29.4. The highest BCUT2D eigenvalue weighted by atomic mass is 32.2. The molecule has 3 aliphatic rings. The molecule has 1 saturated carbocycles. The van der Waals surface area contributed by atoms with Gasteiger partial charge in [-0.15, -0.1) is 0 Å². The number of aromatic nitrogens is 1. The molecule has 2 aliphatic heterocycles. The van der Waals surface area contributed by atoms with Gasteiger partial charge in [0.15, 0.2) is 0 Å². The largest absolute Gasteiger partial charge is 0.493 e. The summed E-state index contributed by atoms with van der Waals surface area (Å²) in [5.41, 5.74) is 5.19. The lowest BCUT2D eigenvalue weighted by Crippen LogP contribution is -2.41. The van der Waals surface area contributed by atoms with Crippen LogP contribution in [0.5, 0.6) is 5.75 Å². The van der Waals surface area contributed by atoms with E-state index in [1.54, 1.807) is 0 Å². The Hall–Kier alpha value is -1.87. The molecule has 1 saturated heterocycles. The summed E-state index contributed by atoms with van der Waals surface area (Å²) in [4.78, 5) is 2.65. The van der Waals surface area contributed by atoms with E-state index in [0.29, 0.717) is 37.1 Å². The van der Waals surface area contributed by atoms with Gasteiger partial charge < -0.3 is 14.0 Å². The monoisotopic (exact) mass is 585 g/mol. The van der Waals surface area contributed by atoms with Crippen LogP contribution in [0.1, 0.15) is 90.0 Å². The summed E-state index contributed by atoms with van der Waals surface area (Å²) < 4.78 is 44.5. The molecule has 0 radical (unpaired) electrons. The van der Waals surface area contributed by atoms with Gasteiger partial charge in [-0.25, -0.2) is 13.1 Å². The van der Waals surface area contributed by atoms with Gasteiger partial charge >= 0.3 is 0 Å². The van der Waals surface area contributed by atoms with Gasteiger partial charge in [-0.05, 0) is 66.7 Å². The maximum atomic E-state index is 13.8. The quantitative estimate of drug-likeness (QED) is 0.411. The van der Waals surface area contributed by atoms with Gasteiger partial charge in [-0.1, -0.05) is 53.9 Å². The smallest absolute Gasteiger partial charge is 0.242 e. The van der Waals surface area contributed by atoms with E-state index in [9.17, 15) is 8.42 Å². The summed E-state index contributed by atoms with van der Waals surface area (Å²) >= 11 is 0. The van der Waals surface area contributed by atoms with E-state index in [4.69, 9.17) is 9.47 Å². The molecule has 7 nitrogen and oxygen atoms in total. The second-order valence-electron chi connectivity index (χ2n) is 14.1. The van der Waals surface area contributed by atoms with E-state index in [1.807, 2.05) is 13.0 Å². The lowest BCUT2D eigenvalue weighted by molar-refractivity contribution is 0.0390. The molecule has 3 heterocycles. The molecule has 1 aromatic carbocycles. The third-order valence-corrected chi connectivity index (χ3v) is 11.1. The Balaban J connectivity index is 1.56. The minimum absolute atomic E-state index is 0.0185. The lowest BCUT2D eigenvalue weighted by atomic mass is 9.74. The van der Waals surface area contributed by atoms with Gasteiger partial charge in [0.25, 0.3) is 0 Å². The number of fused-ring (bicyclic) bond motifs is 1. The van der Waals surface area contributed by atoms with Crippen LogP contribution in [0.4, 0.5) is 0 Å². The van der Waals surface area contributed by atoms with Crippen molar-refractivity contribution in [2.75, 3.05) is 46.0 Å². The maximum Gasteiger partial charge on any atom is 0.242 e. The zero-order valence-corrected chi connectivity index (χ0v) is 27.0. The average Bonchev–Trinajstić information content (AvgIpc) is 3.25. The van der Waals surface area contributed by atoms with Crippen LogP contribution in [0.2, 0.25) is 0 Å². The first-order chi connectivity index (χ1) is 19.4. The molecule has 0 bridgehead atoms. The van der Waals surface area contributed by atoms with E-state index in [2.05, 4.69) is 60.9 Å². The third kappa shape index (κ3) is 6.71. The van der Waals surface area contributed by atoms with E-state index in [0.717, 1.165) is 55.4 Å². The number of nitrogens with zero attached hydrogens (tertiary/aromatic N) is 2. The first-order valence-electron chi connectivity index (χ1n) is 15.7. The Bertz CT molecular complexity index is 1310. The second kappa shape index (κ2) is 12.0. The topological polar surface area (TPSA) is 72.8 Å². The van der Waals surface area contributed by atoms with Crippen molar-refractivity contribution in [1.82, 2.24) is 14.2 Å². The van der Waals surface area contributed by atoms with Crippen LogP contribution >= 0.6 is 0 Å². The van der Waals surface area contributed by atoms with Crippen LogP contribution in [0.15, 0.2) is 23.1 Å². The highest BCUT2D eigenvalue weighted by molar-refractivity contribution is 7.89. The van der Waals surface area contributed by atoms with Crippen molar-refractivity contribution < 1.29 is 17.9 Å². The molecule has 2 aromatic rings. The van der Waals surface area contributed by atoms with E-state index in [1.165, 1.54) is 43.2 Å². The van der Waals surface area contributed by atoms with Crippen LogP contribution in [0.3, 0.4) is 0 Å². The molecular weight excluding hydrogens is 534 g/mol. The molecule has 1 aliphatic carbocycles. The van der Waals surface area contributed by atoms with Gasteiger partial charge in [0.2, 0.25) is 10.0 Å². The van der Waals surface area contributed by atoms with Crippen molar-refractivity contribution in [2.45, 2.75) is 102 Å². The molecule has 2 fully saturated rings. The Labute approximate surface area is 248 Å². The molecule has 1 N–H and O–H groups in total. The molecule has 228 valence electrons. The number of sulfonamides is 1. The number of morpholine rings is 1. The summed E-state index contributed by atoms with van der Waals surface area (Å²) in [6, 6.07) is 6.47. The Morgan fingerprint density at radius 3 is 2.41 bits per heavy atom. The molecule has 0 atom stereocenters. The number of ether oxygens (including phenoxy) is 2. The van der Waals surface area contributed by atoms with Gasteiger partial charge in [0.1, 0.15) is 10.6 Å². The van der Waals surface area contributed by atoms with Gasteiger partial charge in [-0.3, -0.25) is 4.90 Å². The number of hydrogen-bond donors (Lipinski definition) is 1. The SMILES string of the molecule is Cc1c(S(=O)(=O)NCCN2CCOCC2)cc(-c2cc(C(C)(C)C)c3c(c2)C(C)(C)CCO3)n1CC1CCCCC1. The molecule has 5 rings (SSSR count). The maximum absolute atomic E-state index is 13.8. The fourth-order valence-corrected chi connectivity index (χ4v) is 8.05. The first-order valence-corrected chi connectivity index (χ1v) is 17.2. The van der Waals surface area contributed by atoms with Crippen molar-refractivity contribution in [3.63, 3.8) is 0 Å². The molecule has 1 aromatic heterocycles. The summed E-state index contributed by atoms with van der Waals surface area (Å²) in [5, 5.41) is 0. The van der Waals surface area contributed by atoms with Crippen molar-refractivity contribution in [3.05, 3.63) is 35.0 Å². The van der Waals surface area contributed by atoms with E-state index in [-0.39, 0.29) is 10.8 Å². The standard InChI is InChI=1S/C33H51N3O4S/c1-24-30(41(37,38)34-13-14-35-15-18-39-19-16-35)22-29(36(24)23-25-10-8-7-9-11-25)26-20-27(32(2,3)4)31-28(21-26)33(5,6)12-17-40-31/h20-22,25,34H,7-19,23H2,1-6H3. The van der Waals surface area contributed by atoms with Crippen molar-refractivity contribution in [1.29, 1.82) is 0 Å². The van der Waals surface area contributed by atoms with Gasteiger partial charge in [0, 0.05) is 55.2 Å². The Kier molecular flexibility index (Phi) is 8.97. The summed E-state index contributed by atoms with van der Waals surface area (Å²) in [5.74, 6) is 1.58. The predicted molar refractivity (Wildman–Crippen MR) is 165 cm³/mol. The lowest BCUT2D eigenvalue weighted by Gasteiger charge is -2.37. The fraction of sp³-hybridized carbons (Fsp3) is 0.697. The number of benzene rings is 1. The summed E-state index contributed by atoms with van der Waals surface area (Å²) in [7, 11) is -3.67. The van der Waals surface area contributed by atoms with E-state index >= 15 is 0 Å². The average molecular weight is 586 g/mol. The second-order valence-corrected chi connectivity index (χ2v) is 15.8. The number of hydrogen-bond acceptors (Lipinski definition) is 5.